The van der Waals surface area contributed by atoms with Crippen LogP contribution < -0.4 is 4.90 Å². The number of amides is 1. The maximum Gasteiger partial charge on any atom is 0.419 e. The van der Waals surface area contributed by atoms with E-state index >= 15 is 0 Å². The van der Waals surface area contributed by atoms with Crippen molar-refractivity contribution in [1.82, 2.24) is 14.6 Å². The zero-order valence-corrected chi connectivity index (χ0v) is 13.9. The van der Waals surface area contributed by atoms with E-state index in [1.165, 1.54) is 6.07 Å². The molecule has 11 heteroatoms. The Morgan fingerprint density at radius 3 is 2.56 bits per heavy atom. The van der Waals surface area contributed by atoms with Crippen LogP contribution in [0.4, 0.5) is 33.5 Å². The monoisotopic (exact) mass is 402 g/mol. The molecule has 0 atom stereocenters. The van der Waals surface area contributed by atoms with Crippen LogP contribution in [0.5, 0.6) is 0 Å². The third-order valence-corrected chi connectivity index (χ3v) is 4.39. The molecular formula is C16H8ClF5N4O. The molecule has 0 fully saturated rings. The number of benzene rings is 1. The fraction of sp³-hybridized carbons (Fsp3) is 0.188. The van der Waals surface area contributed by atoms with Crippen LogP contribution in [-0.2, 0) is 17.4 Å². The lowest BCUT2D eigenvalue weighted by molar-refractivity contribution is -0.137. The number of alkyl halides is 5. The van der Waals surface area contributed by atoms with Crippen molar-refractivity contribution in [1.29, 1.82) is 0 Å². The van der Waals surface area contributed by atoms with E-state index in [1.807, 2.05) is 0 Å². The van der Waals surface area contributed by atoms with Crippen molar-refractivity contribution in [3.8, 4) is 0 Å². The highest BCUT2D eigenvalue weighted by atomic mass is 35.5. The summed E-state index contributed by atoms with van der Waals surface area (Å²) in [6.07, 6.45) is -8.14. The van der Waals surface area contributed by atoms with Gasteiger partial charge in [0, 0.05) is 0 Å². The molecule has 140 valence electrons. The Hall–Kier alpha value is -2.75. The van der Waals surface area contributed by atoms with Crippen molar-refractivity contribution in [3.63, 3.8) is 0 Å². The summed E-state index contributed by atoms with van der Waals surface area (Å²) < 4.78 is 67.4. The molecule has 0 bridgehead atoms. The van der Waals surface area contributed by atoms with Gasteiger partial charge < -0.3 is 0 Å². The molecule has 0 unspecified atom stereocenters. The maximum atomic E-state index is 13.6. The minimum atomic E-state index is -4.87. The first-order valence-electron chi connectivity index (χ1n) is 7.54. The highest BCUT2D eigenvalue weighted by molar-refractivity contribution is 6.35. The largest absolute Gasteiger partial charge is 0.419 e. The molecular weight excluding hydrogens is 395 g/mol. The SMILES string of the molecule is O=C1Cc2cccc(Cl)c2N1c1c(C(F)(F)F)ccc2nc(C(F)F)nn12. The zero-order valence-electron chi connectivity index (χ0n) is 13.1. The Morgan fingerprint density at radius 2 is 1.89 bits per heavy atom. The van der Waals surface area contributed by atoms with Crippen molar-refractivity contribution >= 4 is 34.7 Å². The van der Waals surface area contributed by atoms with Gasteiger partial charge in [-0.1, -0.05) is 23.7 Å². The number of aromatic nitrogens is 3. The fourth-order valence-electron chi connectivity index (χ4n) is 3.02. The Balaban J connectivity index is 2.07. The normalized spacial score (nSPS) is 14.5. The molecule has 0 N–H and O–H groups in total. The summed E-state index contributed by atoms with van der Waals surface area (Å²) in [4.78, 5) is 16.8. The van der Waals surface area contributed by atoms with Gasteiger partial charge in [-0.15, -0.1) is 5.10 Å². The van der Waals surface area contributed by atoms with E-state index in [4.69, 9.17) is 11.6 Å². The van der Waals surface area contributed by atoms with Gasteiger partial charge in [-0.25, -0.2) is 13.8 Å². The maximum absolute atomic E-state index is 13.6. The van der Waals surface area contributed by atoms with E-state index in [0.29, 0.717) is 16.1 Å². The average Bonchev–Trinajstić information content (AvgIpc) is 3.14. The van der Waals surface area contributed by atoms with Gasteiger partial charge in [0.1, 0.15) is 0 Å². The van der Waals surface area contributed by atoms with E-state index in [0.717, 1.165) is 11.0 Å². The molecule has 0 saturated carbocycles. The molecule has 27 heavy (non-hydrogen) atoms. The first-order valence-corrected chi connectivity index (χ1v) is 7.91. The quantitative estimate of drug-likeness (QED) is 0.590. The molecule has 0 aliphatic carbocycles. The number of para-hydroxylation sites is 1. The molecule has 2 aromatic heterocycles. The van der Waals surface area contributed by atoms with Gasteiger partial charge in [-0.05, 0) is 23.8 Å². The average molecular weight is 403 g/mol. The molecule has 0 saturated heterocycles. The summed E-state index contributed by atoms with van der Waals surface area (Å²) in [7, 11) is 0. The number of carbonyl (C=O) groups is 1. The summed E-state index contributed by atoms with van der Waals surface area (Å²) in [5, 5.41) is 3.54. The van der Waals surface area contributed by atoms with Crippen LogP contribution in [0.3, 0.4) is 0 Å². The van der Waals surface area contributed by atoms with Crippen LogP contribution in [0.15, 0.2) is 30.3 Å². The summed E-state index contributed by atoms with van der Waals surface area (Å²) in [6, 6.07) is 6.13. The summed E-state index contributed by atoms with van der Waals surface area (Å²) in [5.74, 6) is -2.36. The van der Waals surface area contributed by atoms with Crippen molar-refractivity contribution < 1.29 is 26.7 Å². The van der Waals surface area contributed by atoms with Gasteiger partial charge in [0.2, 0.25) is 11.7 Å². The molecule has 4 rings (SSSR count). The zero-order chi connectivity index (χ0) is 19.5. The van der Waals surface area contributed by atoms with Crippen LogP contribution in [0.1, 0.15) is 23.4 Å². The molecule has 5 nitrogen and oxygen atoms in total. The number of nitrogens with zero attached hydrogens (tertiary/aromatic N) is 4. The smallest absolute Gasteiger partial charge is 0.274 e. The minimum absolute atomic E-state index is 0.0534. The number of carbonyl (C=O) groups excluding carboxylic acids is 1. The molecule has 0 radical (unpaired) electrons. The van der Waals surface area contributed by atoms with Gasteiger partial charge in [-0.3, -0.25) is 9.69 Å². The van der Waals surface area contributed by atoms with Crippen LogP contribution >= 0.6 is 11.6 Å². The Bertz CT molecular complexity index is 1080. The highest BCUT2D eigenvalue weighted by Crippen LogP contribution is 2.45. The first-order chi connectivity index (χ1) is 12.7. The van der Waals surface area contributed by atoms with E-state index in [-0.39, 0.29) is 22.8 Å². The standard InChI is InChI=1S/C16H8ClF5N4O/c17-9-3-1-2-7-6-11(27)25(12(7)9)15-8(16(20,21)22)4-5-10-23-14(13(18)19)24-26(10)15/h1-5,13H,6H2. The fourth-order valence-corrected chi connectivity index (χ4v) is 3.30. The number of hydrogen-bond donors (Lipinski definition) is 0. The molecule has 1 aromatic carbocycles. The van der Waals surface area contributed by atoms with Gasteiger partial charge in [0.15, 0.2) is 11.5 Å². The van der Waals surface area contributed by atoms with E-state index in [9.17, 15) is 26.7 Å². The van der Waals surface area contributed by atoms with Crippen molar-refractivity contribution in [2.75, 3.05) is 4.90 Å². The molecule has 0 spiro atoms. The minimum Gasteiger partial charge on any atom is -0.274 e. The third kappa shape index (κ3) is 2.71. The van der Waals surface area contributed by atoms with Gasteiger partial charge >= 0.3 is 6.18 Å². The van der Waals surface area contributed by atoms with Crippen LogP contribution in [-0.4, -0.2) is 20.5 Å². The second-order valence-corrected chi connectivity index (χ2v) is 6.17. The third-order valence-electron chi connectivity index (χ3n) is 4.09. The Kier molecular flexibility index (Phi) is 3.84. The van der Waals surface area contributed by atoms with Gasteiger partial charge in [-0.2, -0.15) is 17.7 Å². The number of pyridine rings is 1. The van der Waals surface area contributed by atoms with Crippen molar-refractivity contribution in [2.45, 2.75) is 19.0 Å². The molecule has 1 aliphatic rings. The van der Waals surface area contributed by atoms with Crippen LogP contribution in [0.2, 0.25) is 5.02 Å². The number of fused-ring (bicyclic) bond motifs is 2. The van der Waals surface area contributed by atoms with Crippen LogP contribution in [0, 0.1) is 0 Å². The number of hydrogen-bond acceptors (Lipinski definition) is 3. The van der Waals surface area contributed by atoms with Crippen molar-refractivity contribution in [2.24, 2.45) is 0 Å². The molecule has 1 amide bonds. The van der Waals surface area contributed by atoms with Crippen molar-refractivity contribution in [3.05, 3.63) is 52.3 Å². The van der Waals surface area contributed by atoms with E-state index in [2.05, 4.69) is 10.1 Å². The van der Waals surface area contributed by atoms with E-state index in [1.54, 1.807) is 12.1 Å². The Morgan fingerprint density at radius 1 is 1.15 bits per heavy atom. The lowest BCUT2D eigenvalue weighted by Gasteiger charge is -2.23. The number of anilines is 2. The first kappa shape index (κ1) is 17.7. The number of halogens is 6. The number of rotatable bonds is 2. The second kappa shape index (κ2) is 5.88. The highest BCUT2D eigenvalue weighted by Gasteiger charge is 2.42. The summed E-state index contributed by atoms with van der Waals surface area (Å²) in [5.41, 5.74) is -0.980. The summed E-state index contributed by atoms with van der Waals surface area (Å²) in [6.45, 7) is 0. The second-order valence-electron chi connectivity index (χ2n) is 5.76. The summed E-state index contributed by atoms with van der Waals surface area (Å²) >= 11 is 6.11. The predicted octanol–water partition coefficient (Wildman–Crippen LogP) is 4.56. The van der Waals surface area contributed by atoms with E-state index < -0.39 is 35.7 Å². The van der Waals surface area contributed by atoms with Gasteiger partial charge in [0.25, 0.3) is 6.43 Å². The predicted molar refractivity (Wildman–Crippen MR) is 85.2 cm³/mol. The lowest BCUT2D eigenvalue weighted by atomic mass is 10.1. The molecule has 3 aromatic rings. The lowest BCUT2D eigenvalue weighted by Crippen LogP contribution is -2.27. The van der Waals surface area contributed by atoms with Gasteiger partial charge in [0.05, 0.1) is 22.7 Å². The molecule has 3 heterocycles. The topological polar surface area (TPSA) is 50.5 Å². The Labute approximate surface area is 153 Å². The van der Waals surface area contributed by atoms with Crippen LogP contribution in [0.25, 0.3) is 5.65 Å². The molecule has 1 aliphatic heterocycles.